The zero-order valence-corrected chi connectivity index (χ0v) is 15.5. The van der Waals surface area contributed by atoms with Gasteiger partial charge in [0.05, 0.1) is 5.39 Å². The molecule has 0 amide bonds. The van der Waals surface area contributed by atoms with E-state index in [9.17, 15) is 0 Å². The summed E-state index contributed by atoms with van der Waals surface area (Å²) in [5, 5.41) is 4.76. The number of hydrogen-bond donors (Lipinski definition) is 1. The molecule has 0 unspecified atom stereocenters. The second-order valence-corrected chi connectivity index (χ2v) is 7.83. The number of nitrogens with zero attached hydrogens (tertiary/aromatic N) is 4. The van der Waals surface area contributed by atoms with E-state index in [1.807, 2.05) is 6.92 Å². The Morgan fingerprint density at radius 1 is 1.04 bits per heavy atom. The molecule has 1 saturated carbocycles. The van der Waals surface area contributed by atoms with Gasteiger partial charge in [-0.3, -0.25) is 4.90 Å². The molecular weight excluding hydrogens is 310 g/mol. The van der Waals surface area contributed by atoms with Gasteiger partial charge in [0.2, 0.25) is 0 Å². The predicted octanol–water partition coefficient (Wildman–Crippen LogP) is 3.85. The minimum atomic E-state index is 0.309. The monoisotopic (exact) mass is 339 g/mol. The summed E-state index contributed by atoms with van der Waals surface area (Å²) in [6, 6.07) is 2.12. The molecule has 25 heavy (non-hydrogen) atoms. The third kappa shape index (κ3) is 3.22. The molecule has 1 aliphatic heterocycles. The summed E-state index contributed by atoms with van der Waals surface area (Å²) < 4.78 is 0. The first-order valence-corrected chi connectivity index (χ1v) is 9.76. The van der Waals surface area contributed by atoms with Crippen LogP contribution in [0, 0.1) is 13.8 Å². The van der Waals surface area contributed by atoms with Crippen LogP contribution in [0.2, 0.25) is 0 Å². The molecule has 4 rings (SSSR count). The fraction of sp³-hybridized carbons (Fsp3) is 0.650. The summed E-state index contributed by atoms with van der Waals surface area (Å²) in [6.07, 6.45) is 11.0. The van der Waals surface area contributed by atoms with Crippen LogP contribution in [0.15, 0.2) is 12.4 Å². The molecule has 5 nitrogen and oxygen atoms in total. The topological polar surface area (TPSA) is 53.9 Å². The highest BCUT2D eigenvalue weighted by atomic mass is 15.2. The van der Waals surface area contributed by atoms with Crippen LogP contribution in [0.1, 0.15) is 56.2 Å². The minimum Gasteiger partial charge on any atom is -0.368 e. The Labute approximate surface area is 150 Å². The molecule has 1 N–H and O–H groups in total. The first-order chi connectivity index (χ1) is 12.2. The van der Waals surface area contributed by atoms with Crippen molar-refractivity contribution in [3.05, 3.63) is 23.7 Å². The average Bonchev–Trinajstić information content (AvgIpc) is 3.10. The van der Waals surface area contributed by atoms with E-state index in [2.05, 4.69) is 38.2 Å². The normalized spacial score (nSPS) is 20.9. The lowest BCUT2D eigenvalue weighted by molar-refractivity contribution is 0.0808. The molecule has 0 aromatic carbocycles. The van der Waals surface area contributed by atoms with E-state index in [0.29, 0.717) is 5.54 Å². The van der Waals surface area contributed by atoms with Gasteiger partial charge in [0, 0.05) is 17.8 Å². The summed E-state index contributed by atoms with van der Waals surface area (Å²) in [5.74, 6) is 0.943. The predicted molar refractivity (Wildman–Crippen MR) is 102 cm³/mol. The molecule has 1 aliphatic carbocycles. The molecular formula is C20H29N5. The van der Waals surface area contributed by atoms with Crippen molar-refractivity contribution in [1.82, 2.24) is 19.9 Å². The van der Waals surface area contributed by atoms with Crippen LogP contribution in [-0.2, 0) is 0 Å². The number of piperidine rings is 1. The Bertz CT molecular complexity index is 745. The molecule has 2 aromatic heterocycles. The first-order valence-electron chi connectivity index (χ1n) is 9.76. The summed E-state index contributed by atoms with van der Waals surface area (Å²) in [5.41, 5.74) is 3.32. The van der Waals surface area contributed by atoms with E-state index in [4.69, 9.17) is 0 Å². The van der Waals surface area contributed by atoms with Crippen LogP contribution in [0.5, 0.6) is 0 Å². The Kier molecular flexibility index (Phi) is 4.59. The van der Waals surface area contributed by atoms with Crippen LogP contribution in [0.25, 0.3) is 11.0 Å². The lowest BCUT2D eigenvalue weighted by Crippen LogP contribution is -2.53. The molecule has 0 bridgehead atoms. The molecule has 134 valence electrons. The van der Waals surface area contributed by atoms with E-state index in [-0.39, 0.29) is 0 Å². The van der Waals surface area contributed by atoms with Crippen LogP contribution < -0.4 is 5.32 Å². The summed E-state index contributed by atoms with van der Waals surface area (Å²) in [6.45, 7) is 7.64. The Hall–Kier alpha value is -1.75. The highest BCUT2D eigenvalue weighted by molar-refractivity contribution is 5.89. The second kappa shape index (κ2) is 6.87. The Balaban J connectivity index is 1.60. The highest BCUT2D eigenvalue weighted by Gasteiger charge is 2.39. The van der Waals surface area contributed by atoms with Crippen LogP contribution >= 0.6 is 0 Å². The van der Waals surface area contributed by atoms with Gasteiger partial charge in [-0.15, -0.1) is 0 Å². The van der Waals surface area contributed by atoms with Crippen molar-refractivity contribution in [2.24, 2.45) is 0 Å². The van der Waals surface area contributed by atoms with Gasteiger partial charge in [-0.05, 0) is 64.3 Å². The van der Waals surface area contributed by atoms with Crippen LogP contribution in [0.3, 0.4) is 0 Å². The van der Waals surface area contributed by atoms with Crippen molar-refractivity contribution in [3.63, 3.8) is 0 Å². The van der Waals surface area contributed by atoms with Gasteiger partial charge >= 0.3 is 0 Å². The number of likely N-dealkylation sites (tertiary alicyclic amines) is 1. The number of aryl methyl sites for hydroxylation is 2. The molecule has 0 spiro atoms. The van der Waals surface area contributed by atoms with Gasteiger partial charge in [0.15, 0.2) is 5.65 Å². The van der Waals surface area contributed by atoms with E-state index in [1.54, 1.807) is 6.33 Å². The number of rotatable bonds is 4. The van der Waals surface area contributed by atoms with Gasteiger partial charge in [-0.1, -0.05) is 19.3 Å². The lowest BCUT2D eigenvalue weighted by Gasteiger charge is -2.44. The van der Waals surface area contributed by atoms with Gasteiger partial charge in [-0.2, -0.15) is 0 Å². The standard InChI is InChI=1S/C20H29N5/c1-15-12-16(2)24-19-17(15)18(22-14-23-19)21-13-20(8-4-5-9-20)25-10-6-3-7-11-25/h12,14H,3-11,13H2,1-2H3,(H,21,22,23,24). The first kappa shape index (κ1) is 16.7. The zero-order chi connectivity index (χ0) is 17.3. The number of aromatic nitrogens is 3. The third-order valence-electron chi connectivity index (χ3n) is 6.08. The Morgan fingerprint density at radius 3 is 2.56 bits per heavy atom. The zero-order valence-electron chi connectivity index (χ0n) is 15.5. The molecule has 0 radical (unpaired) electrons. The number of fused-ring (bicyclic) bond motifs is 1. The molecule has 0 atom stereocenters. The van der Waals surface area contributed by atoms with Crippen molar-refractivity contribution in [2.75, 3.05) is 25.0 Å². The van der Waals surface area contributed by atoms with Gasteiger partial charge in [0.25, 0.3) is 0 Å². The summed E-state index contributed by atoms with van der Waals surface area (Å²) in [4.78, 5) is 16.3. The van der Waals surface area contributed by atoms with Gasteiger partial charge in [0.1, 0.15) is 12.1 Å². The van der Waals surface area contributed by atoms with Crippen molar-refractivity contribution < 1.29 is 0 Å². The molecule has 3 heterocycles. The Morgan fingerprint density at radius 2 is 1.80 bits per heavy atom. The number of pyridine rings is 1. The van der Waals surface area contributed by atoms with Crippen molar-refractivity contribution in [3.8, 4) is 0 Å². The molecule has 5 heteroatoms. The fourth-order valence-electron chi connectivity index (χ4n) is 4.80. The van der Waals surface area contributed by atoms with E-state index in [0.717, 1.165) is 29.1 Å². The van der Waals surface area contributed by atoms with Gasteiger partial charge < -0.3 is 5.32 Å². The molecule has 2 aromatic rings. The minimum absolute atomic E-state index is 0.309. The van der Waals surface area contributed by atoms with Gasteiger partial charge in [-0.25, -0.2) is 15.0 Å². The fourth-order valence-corrected chi connectivity index (χ4v) is 4.80. The smallest absolute Gasteiger partial charge is 0.165 e. The van der Waals surface area contributed by atoms with E-state index < -0.39 is 0 Å². The maximum Gasteiger partial charge on any atom is 0.165 e. The summed E-state index contributed by atoms with van der Waals surface area (Å²) in [7, 11) is 0. The molecule has 1 saturated heterocycles. The average molecular weight is 339 g/mol. The van der Waals surface area contributed by atoms with Crippen molar-refractivity contribution in [2.45, 2.75) is 64.3 Å². The van der Waals surface area contributed by atoms with Crippen LogP contribution in [-0.4, -0.2) is 45.0 Å². The van der Waals surface area contributed by atoms with Crippen molar-refractivity contribution >= 4 is 16.9 Å². The summed E-state index contributed by atoms with van der Waals surface area (Å²) >= 11 is 0. The van der Waals surface area contributed by atoms with Crippen LogP contribution in [0.4, 0.5) is 5.82 Å². The SMILES string of the molecule is Cc1cc(C)c2c(NCC3(N4CCCCC4)CCCC3)ncnc2n1. The quantitative estimate of drug-likeness (QED) is 0.917. The maximum absolute atomic E-state index is 4.58. The largest absolute Gasteiger partial charge is 0.368 e. The van der Waals surface area contributed by atoms with Crippen molar-refractivity contribution in [1.29, 1.82) is 0 Å². The molecule has 2 aliphatic rings. The molecule has 2 fully saturated rings. The van der Waals surface area contributed by atoms with E-state index in [1.165, 1.54) is 63.6 Å². The number of anilines is 1. The van der Waals surface area contributed by atoms with E-state index >= 15 is 0 Å². The highest BCUT2D eigenvalue weighted by Crippen LogP contribution is 2.37. The third-order valence-corrected chi connectivity index (χ3v) is 6.08. The lowest BCUT2D eigenvalue weighted by atomic mass is 9.92. The number of hydrogen-bond acceptors (Lipinski definition) is 5. The second-order valence-electron chi connectivity index (χ2n) is 7.83. The number of nitrogens with one attached hydrogen (secondary N) is 1. The maximum atomic E-state index is 4.58.